The Morgan fingerprint density at radius 1 is 1.37 bits per heavy atom. The number of halogens is 1. The van der Waals surface area contributed by atoms with Crippen LogP contribution in [-0.4, -0.2) is 33.6 Å². The molecule has 0 aliphatic carbocycles. The molecule has 0 unspecified atom stereocenters. The molecule has 0 bridgehead atoms. The Kier molecular flexibility index (Phi) is 6.82. The van der Waals surface area contributed by atoms with Crippen LogP contribution in [0.25, 0.3) is 0 Å². The van der Waals surface area contributed by atoms with E-state index in [4.69, 9.17) is 4.74 Å². The fraction of sp³-hybridized carbons (Fsp3) is 0.538. The molecule has 1 aromatic carbocycles. The van der Waals surface area contributed by atoms with Crippen molar-refractivity contribution < 1.29 is 13.2 Å². The first-order valence-corrected chi connectivity index (χ1v) is 8.86. The third kappa shape index (κ3) is 5.93. The SMILES string of the molecule is CCS(=O)(=O)CCCOc1ccc(Br)cc1CNC. The molecule has 0 heterocycles. The second-order valence-corrected chi connectivity index (χ2v) is 7.61. The van der Waals surface area contributed by atoms with E-state index in [-0.39, 0.29) is 11.5 Å². The third-order valence-electron chi connectivity index (χ3n) is 2.69. The standard InChI is InChI=1S/C13H20BrNO3S/c1-3-19(16,17)8-4-7-18-13-6-5-12(14)9-11(13)10-15-2/h5-6,9,15H,3-4,7-8,10H2,1-2H3. The van der Waals surface area contributed by atoms with Crippen LogP contribution < -0.4 is 10.1 Å². The number of rotatable bonds is 8. The summed E-state index contributed by atoms with van der Waals surface area (Å²) in [6, 6.07) is 5.80. The first-order valence-electron chi connectivity index (χ1n) is 6.24. The highest BCUT2D eigenvalue weighted by Crippen LogP contribution is 2.23. The molecule has 6 heteroatoms. The molecule has 108 valence electrons. The summed E-state index contributed by atoms with van der Waals surface area (Å²) < 4.78 is 29.4. The number of ether oxygens (including phenoxy) is 1. The highest BCUT2D eigenvalue weighted by atomic mass is 79.9. The van der Waals surface area contributed by atoms with E-state index >= 15 is 0 Å². The van der Waals surface area contributed by atoms with Crippen LogP contribution in [0, 0.1) is 0 Å². The molecule has 1 aromatic rings. The average molecular weight is 350 g/mol. The Bertz CT molecular complexity index is 503. The molecule has 0 aromatic heterocycles. The lowest BCUT2D eigenvalue weighted by atomic mass is 10.2. The topological polar surface area (TPSA) is 55.4 Å². The number of sulfone groups is 1. The van der Waals surface area contributed by atoms with E-state index in [2.05, 4.69) is 21.2 Å². The second-order valence-electron chi connectivity index (χ2n) is 4.22. The maximum absolute atomic E-state index is 11.4. The molecule has 0 spiro atoms. The van der Waals surface area contributed by atoms with Gasteiger partial charge in [0.2, 0.25) is 0 Å². The first kappa shape index (κ1) is 16.5. The van der Waals surface area contributed by atoms with Gasteiger partial charge in [0.15, 0.2) is 0 Å². The van der Waals surface area contributed by atoms with Gasteiger partial charge in [-0.25, -0.2) is 8.42 Å². The van der Waals surface area contributed by atoms with E-state index in [1.165, 1.54) is 0 Å². The lowest BCUT2D eigenvalue weighted by Crippen LogP contribution is -2.13. The van der Waals surface area contributed by atoms with Crippen molar-refractivity contribution in [1.82, 2.24) is 5.32 Å². The van der Waals surface area contributed by atoms with Crippen molar-refractivity contribution in [2.75, 3.05) is 25.2 Å². The van der Waals surface area contributed by atoms with Gasteiger partial charge >= 0.3 is 0 Å². The van der Waals surface area contributed by atoms with Gasteiger partial charge in [-0.2, -0.15) is 0 Å². The van der Waals surface area contributed by atoms with Gasteiger partial charge in [-0.15, -0.1) is 0 Å². The maximum Gasteiger partial charge on any atom is 0.150 e. The Hall–Kier alpha value is -0.590. The van der Waals surface area contributed by atoms with Crippen molar-refractivity contribution in [3.63, 3.8) is 0 Å². The van der Waals surface area contributed by atoms with Crippen LogP contribution in [0.3, 0.4) is 0 Å². The van der Waals surface area contributed by atoms with Gasteiger partial charge in [0.25, 0.3) is 0 Å². The largest absolute Gasteiger partial charge is 0.493 e. The van der Waals surface area contributed by atoms with Crippen LogP contribution in [0.1, 0.15) is 18.9 Å². The zero-order valence-electron chi connectivity index (χ0n) is 11.3. The zero-order chi connectivity index (χ0) is 14.3. The zero-order valence-corrected chi connectivity index (χ0v) is 13.7. The van der Waals surface area contributed by atoms with Gasteiger partial charge in [0.1, 0.15) is 15.6 Å². The Labute approximate surface area is 123 Å². The Morgan fingerprint density at radius 2 is 2.11 bits per heavy atom. The monoisotopic (exact) mass is 349 g/mol. The van der Waals surface area contributed by atoms with Crippen molar-refractivity contribution in [2.24, 2.45) is 0 Å². The summed E-state index contributed by atoms with van der Waals surface area (Å²) >= 11 is 3.42. The van der Waals surface area contributed by atoms with Crippen molar-refractivity contribution in [3.8, 4) is 5.75 Å². The summed E-state index contributed by atoms with van der Waals surface area (Å²) in [5, 5.41) is 3.08. The van der Waals surface area contributed by atoms with E-state index in [0.717, 1.165) is 15.8 Å². The molecule has 0 atom stereocenters. The van der Waals surface area contributed by atoms with Gasteiger partial charge in [-0.05, 0) is 31.7 Å². The molecule has 0 saturated carbocycles. The highest BCUT2D eigenvalue weighted by molar-refractivity contribution is 9.10. The van der Waals surface area contributed by atoms with Crippen molar-refractivity contribution in [2.45, 2.75) is 19.9 Å². The first-order chi connectivity index (χ1) is 8.98. The minimum Gasteiger partial charge on any atom is -0.493 e. The molecule has 1 rings (SSSR count). The molecule has 0 aliphatic rings. The van der Waals surface area contributed by atoms with Gasteiger partial charge in [-0.1, -0.05) is 22.9 Å². The van der Waals surface area contributed by atoms with E-state index in [0.29, 0.717) is 19.6 Å². The van der Waals surface area contributed by atoms with Gasteiger partial charge in [0.05, 0.1) is 12.4 Å². The summed E-state index contributed by atoms with van der Waals surface area (Å²) in [6.45, 7) is 2.79. The fourth-order valence-corrected chi connectivity index (χ4v) is 2.88. The fourth-order valence-electron chi connectivity index (χ4n) is 1.62. The number of hydrogen-bond acceptors (Lipinski definition) is 4. The summed E-state index contributed by atoms with van der Waals surface area (Å²) in [7, 11) is -1.03. The van der Waals surface area contributed by atoms with Crippen LogP contribution >= 0.6 is 15.9 Å². The second kappa shape index (κ2) is 7.87. The van der Waals surface area contributed by atoms with Gasteiger partial charge in [-0.3, -0.25) is 0 Å². The van der Waals surface area contributed by atoms with Crippen LogP contribution in [-0.2, 0) is 16.4 Å². The molecule has 0 radical (unpaired) electrons. The molecule has 4 nitrogen and oxygen atoms in total. The predicted octanol–water partition coefficient (Wildman–Crippen LogP) is 2.37. The third-order valence-corrected chi connectivity index (χ3v) is 4.97. The minimum atomic E-state index is -2.90. The van der Waals surface area contributed by atoms with Crippen molar-refractivity contribution in [1.29, 1.82) is 0 Å². The van der Waals surface area contributed by atoms with Crippen LogP contribution in [0.4, 0.5) is 0 Å². The van der Waals surface area contributed by atoms with Crippen LogP contribution in [0.5, 0.6) is 5.75 Å². The maximum atomic E-state index is 11.4. The number of hydrogen-bond donors (Lipinski definition) is 1. The van der Waals surface area contributed by atoms with E-state index in [1.54, 1.807) is 6.92 Å². The molecule has 0 saturated heterocycles. The molecular formula is C13H20BrNO3S. The summed E-state index contributed by atoms with van der Waals surface area (Å²) in [5.74, 6) is 1.17. The van der Waals surface area contributed by atoms with E-state index < -0.39 is 9.84 Å². The summed E-state index contributed by atoms with van der Waals surface area (Å²) in [6.07, 6.45) is 0.519. The van der Waals surface area contributed by atoms with Crippen molar-refractivity contribution in [3.05, 3.63) is 28.2 Å². The molecule has 0 fully saturated rings. The predicted molar refractivity (Wildman–Crippen MR) is 81.3 cm³/mol. The van der Waals surface area contributed by atoms with Gasteiger partial charge < -0.3 is 10.1 Å². The lowest BCUT2D eigenvalue weighted by Gasteiger charge is -2.11. The van der Waals surface area contributed by atoms with Crippen LogP contribution in [0.2, 0.25) is 0 Å². The molecule has 19 heavy (non-hydrogen) atoms. The average Bonchev–Trinajstić information content (AvgIpc) is 2.37. The van der Waals surface area contributed by atoms with Crippen LogP contribution in [0.15, 0.2) is 22.7 Å². The highest BCUT2D eigenvalue weighted by Gasteiger charge is 2.08. The molecule has 0 aliphatic heterocycles. The Balaban J connectivity index is 2.53. The molecule has 0 amide bonds. The lowest BCUT2D eigenvalue weighted by molar-refractivity contribution is 0.314. The minimum absolute atomic E-state index is 0.182. The smallest absolute Gasteiger partial charge is 0.150 e. The Morgan fingerprint density at radius 3 is 2.74 bits per heavy atom. The summed E-state index contributed by atoms with van der Waals surface area (Å²) in [4.78, 5) is 0. The number of nitrogens with one attached hydrogen (secondary N) is 1. The van der Waals surface area contributed by atoms with Gasteiger partial charge in [0, 0.05) is 22.3 Å². The molecule has 1 N–H and O–H groups in total. The summed E-state index contributed by atoms with van der Waals surface area (Å²) in [5.41, 5.74) is 1.05. The number of benzene rings is 1. The van der Waals surface area contributed by atoms with E-state index in [9.17, 15) is 8.42 Å². The molecular weight excluding hydrogens is 330 g/mol. The quantitative estimate of drug-likeness (QED) is 0.732. The van der Waals surface area contributed by atoms with Crippen molar-refractivity contribution >= 4 is 25.8 Å². The van der Waals surface area contributed by atoms with E-state index in [1.807, 2.05) is 25.2 Å². The normalized spacial score (nSPS) is 11.5.